The van der Waals surface area contributed by atoms with Crippen LogP contribution in [0.1, 0.15) is 17.5 Å². The van der Waals surface area contributed by atoms with Crippen LogP contribution in [-0.4, -0.2) is 18.7 Å². The molecule has 0 unspecified atom stereocenters. The Morgan fingerprint density at radius 3 is 2.93 bits per heavy atom. The first kappa shape index (κ1) is 12.1. The smallest absolute Gasteiger partial charge is 0.0696 e. The average Bonchev–Trinajstić information content (AvgIpc) is 2.26. The van der Waals surface area contributed by atoms with Gasteiger partial charge in [0.15, 0.2) is 0 Å². The van der Waals surface area contributed by atoms with Gasteiger partial charge in [0, 0.05) is 23.6 Å². The van der Waals surface area contributed by atoms with Crippen molar-refractivity contribution in [2.24, 2.45) is 0 Å². The largest absolute Gasteiger partial charge is 0.392 e. The lowest BCUT2D eigenvalue weighted by molar-refractivity contribution is 0.282. The minimum atomic E-state index is -0.0507. The second-order valence-corrected chi connectivity index (χ2v) is 3.53. The van der Waals surface area contributed by atoms with Crippen LogP contribution in [0.25, 0.3) is 0 Å². The van der Waals surface area contributed by atoms with Gasteiger partial charge in [0.1, 0.15) is 0 Å². The highest BCUT2D eigenvalue weighted by atomic mass is 35.5. The van der Waals surface area contributed by atoms with Gasteiger partial charge >= 0.3 is 0 Å². The quantitative estimate of drug-likeness (QED) is 0.605. The van der Waals surface area contributed by atoms with Crippen LogP contribution in [0.4, 0.5) is 0 Å². The summed E-state index contributed by atoms with van der Waals surface area (Å²) >= 11 is 5.86. The van der Waals surface area contributed by atoms with Gasteiger partial charge in [-0.15, -0.1) is 0 Å². The highest BCUT2D eigenvalue weighted by molar-refractivity contribution is 6.31. The molecule has 0 atom stereocenters. The summed E-state index contributed by atoms with van der Waals surface area (Å²) in [5.41, 5.74) is 1.61. The number of hydrogen-bond donors (Lipinski definition) is 2. The fourth-order valence-corrected chi connectivity index (χ4v) is 1.30. The van der Waals surface area contributed by atoms with Crippen LogP contribution in [-0.2, 0) is 6.61 Å². The van der Waals surface area contributed by atoms with Crippen molar-refractivity contribution in [2.75, 3.05) is 13.6 Å². The molecule has 0 saturated heterocycles. The highest BCUT2D eigenvalue weighted by Crippen LogP contribution is 2.16. The van der Waals surface area contributed by atoms with Gasteiger partial charge in [-0.25, -0.2) is 0 Å². The predicted octanol–water partition coefficient (Wildman–Crippen LogP) is 1.79. The van der Waals surface area contributed by atoms with E-state index >= 15 is 0 Å². The Hall–Kier alpha value is -1.01. The number of aliphatic hydroxyl groups is 1. The van der Waals surface area contributed by atoms with Crippen molar-refractivity contribution >= 4 is 11.6 Å². The van der Waals surface area contributed by atoms with Crippen molar-refractivity contribution in [2.45, 2.75) is 13.0 Å². The molecular formula is C12H14ClNO. The molecule has 3 heteroatoms. The van der Waals surface area contributed by atoms with Gasteiger partial charge < -0.3 is 10.4 Å². The first-order valence-corrected chi connectivity index (χ1v) is 5.18. The normalized spacial score (nSPS) is 9.53. The van der Waals surface area contributed by atoms with Gasteiger partial charge in [-0.1, -0.05) is 23.4 Å². The number of benzene rings is 1. The SMILES string of the molecule is CNCCC#Cc1ccc(Cl)c(CO)c1. The fraction of sp³-hybridized carbons (Fsp3) is 0.333. The van der Waals surface area contributed by atoms with E-state index < -0.39 is 0 Å². The predicted molar refractivity (Wildman–Crippen MR) is 62.8 cm³/mol. The molecule has 0 fully saturated rings. The molecule has 0 spiro atoms. The van der Waals surface area contributed by atoms with Crippen LogP contribution in [0.5, 0.6) is 0 Å². The Balaban J connectivity index is 2.72. The van der Waals surface area contributed by atoms with Gasteiger partial charge in [-0.05, 0) is 30.8 Å². The van der Waals surface area contributed by atoms with Crippen molar-refractivity contribution in [1.29, 1.82) is 0 Å². The average molecular weight is 224 g/mol. The minimum Gasteiger partial charge on any atom is -0.392 e. The molecule has 0 bridgehead atoms. The molecule has 0 saturated carbocycles. The summed E-state index contributed by atoms with van der Waals surface area (Å²) in [6.45, 7) is 0.832. The van der Waals surface area contributed by atoms with Gasteiger partial charge in [0.05, 0.1) is 6.61 Å². The Morgan fingerprint density at radius 2 is 2.27 bits per heavy atom. The van der Waals surface area contributed by atoms with E-state index in [1.54, 1.807) is 6.07 Å². The molecule has 0 aromatic heterocycles. The number of hydrogen-bond acceptors (Lipinski definition) is 2. The van der Waals surface area contributed by atoms with E-state index in [4.69, 9.17) is 16.7 Å². The number of aliphatic hydroxyl groups excluding tert-OH is 1. The lowest BCUT2D eigenvalue weighted by atomic mass is 10.1. The second kappa shape index (κ2) is 6.47. The summed E-state index contributed by atoms with van der Waals surface area (Å²) < 4.78 is 0. The number of rotatable bonds is 3. The first-order valence-electron chi connectivity index (χ1n) is 4.80. The molecule has 2 nitrogen and oxygen atoms in total. The third-order valence-electron chi connectivity index (χ3n) is 1.95. The van der Waals surface area contributed by atoms with E-state index in [1.165, 1.54) is 0 Å². The van der Waals surface area contributed by atoms with E-state index in [-0.39, 0.29) is 6.61 Å². The topological polar surface area (TPSA) is 32.3 Å². The van der Waals surface area contributed by atoms with Crippen LogP contribution in [0.2, 0.25) is 5.02 Å². The second-order valence-electron chi connectivity index (χ2n) is 3.12. The third-order valence-corrected chi connectivity index (χ3v) is 2.32. The lowest BCUT2D eigenvalue weighted by Crippen LogP contribution is -2.05. The summed E-state index contributed by atoms with van der Waals surface area (Å²) in [6, 6.07) is 5.43. The van der Waals surface area contributed by atoms with Gasteiger partial charge in [0.25, 0.3) is 0 Å². The molecular weight excluding hydrogens is 210 g/mol. The number of halogens is 1. The van der Waals surface area contributed by atoms with Crippen molar-refractivity contribution in [3.63, 3.8) is 0 Å². The summed E-state index contributed by atoms with van der Waals surface area (Å²) in [6.07, 6.45) is 0.813. The summed E-state index contributed by atoms with van der Waals surface area (Å²) in [5.74, 6) is 6.06. The van der Waals surface area contributed by atoms with Crippen molar-refractivity contribution in [3.05, 3.63) is 34.3 Å². The molecule has 1 aromatic rings. The van der Waals surface area contributed by atoms with Gasteiger partial charge in [-0.2, -0.15) is 0 Å². The Labute approximate surface area is 95.3 Å². The molecule has 80 valence electrons. The fourth-order valence-electron chi connectivity index (χ4n) is 1.13. The maximum atomic E-state index is 9.01. The molecule has 2 N–H and O–H groups in total. The lowest BCUT2D eigenvalue weighted by Gasteiger charge is -1.99. The summed E-state index contributed by atoms with van der Waals surface area (Å²) in [7, 11) is 1.90. The molecule has 0 heterocycles. The van der Waals surface area contributed by atoms with Crippen LogP contribution in [0, 0.1) is 11.8 Å². The van der Waals surface area contributed by atoms with Gasteiger partial charge in [0.2, 0.25) is 0 Å². The molecule has 15 heavy (non-hydrogen) atoms. The molecule has 0 aliphatic carbocycles. The molecule has 1 rings (SSSR count). The number of nitrogens with one attached hydrogen (secondary N) is 1. The van der Waals surface area contributed by atoms with E-state index in [1.807, 2.05) is 19.2 Å². The van der Waals surface area contributed by atoms with Crippen molar-refractivity contribution < 1.29 is 5.11 Å². The zero-order valence-electron chi connectivity index (χ0n) is 8.68. The zero-order valence-corrected chi connectivity index (χ0v) is 9.43. The maximum absolute atomic E-state index is 9.01. The maximum Gasteiger partial charge on any atom is 0.0696 e. The third kappa shape index (κ3) is 3.93. The molecule has 1 aromatic carbocycles. The van der Waals surface area contributed by atoms with Crippen LogP contribution >= 0.6 is 11.6 Å². The van der Waals surface area contributed by atoms with E-state index in [0.29, 0.717) is 5.02 Å². The zero-order chi connectivity index (χ0) is 11.1. The van der Waals surface area contributed by atoms with Crippen molar-refractivity contribution in [1.82, 2.24) is 5.32 Å². The van der Waals surface area contributed by atoms with Crippen LogP contribution in [0.3, 0.4) is 0 Å². The molecule has 0 aliphatic heterocycles. The molecule has 0 aliphatic rings. The van der Waals surface area contributed by atoms with E-state index in [9.17, 15) is 0 Å². The Morgan fingerprint density at radius 1 is 1.47 bits per heavy atom. The standard InChI is InChI=1S/C12H14ClNO/c1-14-7-3-2-4-10-5-6-12(13)11(8-10)9-15/h5-6,8,14-15H,3,7,9H2,1H3. The Bertz CT molecular complexity index is 379. The molecule has 0 radical (unpaired) electrons. The van der Waals surface area contributed by atoms with Crippen LogP contribution in [0.15, 0.2) is 18.2 Å². The van der Waals surface area contributed by atoms with E-state index in [2.05, 4.69) is 17.2 Å². The summed E-state index contributed by atoms with van der Waals surface area (Å²) in [4.78, 5) is 0. The Kier molecular flexibility index (Phi) is 5.20. The van der Waals surface area contributed by atoms with E-state index in [0.717, 1.165) is 24.1 Å². The van der Waals surface area contributed by atoms with Crippen molar-refractivity contribution in [3.8, 4) is 11.8 Å². The first-order chi connectivity index (χ1) is 7.27. The molecule has 0 amide bonds. The summed E-state index contributed by atoms with van der Waals surface area (Å²) in [5, 5.41) is 12.6. The van der Waals surface area contributed by atoms with Crippen LogP contribution < -0.4 is 5.32 Å². The highest BCUT2D eigenvalue weighted by Gasteiger charge is 1.98. The minimum absolute atomic E-state index is 0.0507. The monoisotopic (exact) mass is 223 g/mol. The van der Waals surface area contributed by atoms with Gasteiger partial charge in [-0.3, -0.25) is 0 Å².